The lowest BCUT2D eigenvalue weighted by molar-refractivity contribution is -0.139. The van der Waals surface area contributed by atoms with Crippen molar-refractivity contribution >= 4 is 43.4 Å². The Morgan fingerprint density at radius 2 is 1.90 bits per heavy atom. The highest BCUT2D eigenvalue weighted by atomic mass is 79.9. The molecule has 3 N–H and O–H groups in total. The summed E-state index contributed by atoms with van der Waals surface area (Å²) in [7, 11) is -2.54. The van der Waals surface area contributed by atoms with Gasteiger partial charge in [-0.15, -0.1) is 0 Å². The minimum absolute atomic E-state index is 0.0502. The molecule has 166 valence electrons. The molecule has 1 heterocycles. The molecule has 0 aromatic heterocycles. The number of hydrogen-bond acceptors (Lipinski definition) is 6. The normalized spacial score (nSPS) is 17.5. The SMILES string of the molecule is CCN1C(c2ccc(S(N)(=O)=O)cc2)=C(c2ccc(OC)c(F)c2)OC1C(Br)C(=O)O. The molecule has 0 aliphatic carbocycles. The molecule has 8 nitrogen and oxygen atoms in total. The van der Waals surface area contributed by atoms with Crippen LogP contribution in [0.1, 0.15) is 18.1 Å². The molecule has 1 aliphatic heterocycles. The van der Waals surface area contributed by atoms with Gasteiger partial charge in [0.15, 0.2) is 28.4 Å². The number of carboxylic acids is 1. The van der Waals surface area contributed by atoms with Gasteiger partial charge < -0.3 is 19.5 Å². The molecule has 0 fully saturated rings. The zero-order valence-corrected chi connectivity index (χ0v) is 19.0. The highest BCUT2D eigenvalue weighted by molar-refractivity contribution is 9.10. The number of aliphatic carboxylic acids is 1. The van der Waals surface area contributed by atoms with E-state index in [4.69, 9.17) is 14.6 Å². The lowest BCUT2D eigenvalue weighted by Gasteiger charge is -2.28. The van der Waals surface area contributed by atoms with Crippen molar-refractivity contribution in [3.63, 3.8) is 0 Å². The number of ether oxygens (including phenoxy) is 2. The van der Waals surface area contributed by atoms with Crippen molar-refractivity contribution in [2.45, 2.75) is 22.9 Å². The maximum atomic E-state index is 14.4. The van der Waals surface area contributed by atoms with Crippen LogP contribution in [0.4, 0.5) is 4.39 Å². The van der Waals surface area contributed by atoms with E-state index in [0.29, 0.717) is 23.4 Å². The maximum Gasteiger partial charge on any atom is 0.323 e. The van der Waals surface area contributed by atoms with Gasteiger partial charge in [-0.05, 0) is 37.3 Å². The Morgan fingerprint density at radius 3 is 2.39 bits per heavy atom. The van der Waals surface area contributed by atoms with Crippen LogP contribution in [0.3, 0.4) is 0 Å². The molecule has 0 amide bonds. The van der Waals surface area contributed by atoms with Crippen LogP contribution < -0.4 is 9.88 Å². The van der Waals surface area contributed by atoms with Crippen molar-refractivity contribution in [3.8, 4) is 5.75 Å². The van der Waals surface area contributed by atoms with E-state index < -0.39 is 32.9 Å². The number of sulfonamides is 1. The third kappa shape index (κ3) is 4.53. The summed E-state index contributed by atoms with van der Waals surface area (Å²) in [5, 5.41) is 14.6. The Kier molecular flexibility index (Phi) is 6.58. The number of nitrogens with zero attached hydrogens (tertiary/aromatic N) is 1. The van der Waals surface area contributed by atoms with E-state index in [0.717, 1.165) is 0 Å². The Bertz CT molecular complexity index is 1140. The summed E-state index contributed by atoms with van der Waals surface area (Å²) < 4.78 is 48.5. The Labute approximate surface area is 187 Å². The molecule has 2 atom stereocenters. The minimum atomic E-state index is -3.89. The summed E-state index contributed by atoms with van der Waals surface area (Å²) in [4.78, 5) is 12.2. The number of hydrogen-bond donors (Lipinski definition) is 2. The molecule has 0 spiro atoms. The standard InChI is InChI=1S/C20H20BrFN2O6S/c1-3-24-17(11-4-7-13(8-5-11)31(23,27)28)18(30-19(24)16(21)20(25)26)12-6-9-15(29-2)14(22)10-12/h4-10,16,19H,3H2,1-2H3,(H,25,26)(H2,23,27,28). The number of methoxy groups -OCH3 is 1. The molecule has 2 aromatic rings. The first-order chi connectivity index (χ1) is 14.6. The van der Waals surface area contributed by atoms with Gasteiger partial charge in [-0.1, -0.05) is 28.1 Å². The first-order valence-corrected chi connectivity index (χ1v) is 11.6. The van der Waals surface area contributed by atoms with Crippen molar-refractivity contribution in [1.29, 1.82) is 0 Å². The lowest BCUT2D eigenvalue weighted by atomic mass is 10.1. The van der Waals surface area contributed by atoms with Gasteiger partial charge in [-0.25, -0.2) is 17.9 Å². The molecule has 2 unspecified atom stereocenters. The summed E-state index contributed by atoms with van der Waals surface area (Å²) in [5.41, 5.74) is 1.41. The average molecular weight is 515 g/mol. The lowest BCUT2D eigenvalue weighted by Crippen LogP contribution is -2.41. The van der Waals surface area contributed by atoms with Crippen molar-refractivity contribution in [1.82, 2.24) is 4.90 Å². The first kappa shape index (κ1) is 23.0. The van der Waals surface area contributed by atoms with E-state index >= 15 is 0 Å². The van der Waals surface area contributed by atoms with Crippen LogP contribution in [-0.4, -0.2) is 49.1 Å². The molecule has 2 aromatic carbocycles. The summed E-state index contributed by atoms with van der Waals surface area (Å²) in [6.07, 6.45) is -0.921. The average Bonchev–Trinajstić information content (AvgIpc) is 3.11. The molecule has 0 bridgehead atoms. The number of benzene rings is 2. The minimum Gasteiger partial charge on any atom is -0.494 e. The van der Waals surface area contributed by atoms with Crippen LogP contribution in [0.5, 0.6) is 5.75 Å². The number of alkyl halides is 1. The molecular formula is C20H20BrFN2O6S. The fourth-order valence-electron chi connectivity index (χ4n) is 3.29. The predicted molar refractivity (Wildman–Crippen MR) is 115 cm³/mol. The third-order valence-corrected chi connectivity index (χ3v) is 6.52. The van der Waals surface area contributed by atoms with Crippen molar-refractivity contribution in [2.75, 3.05) is 13.7 Å². The molecule has 0 radical (unpaired) electrons. The van der Waals surface area contributed by atoms with Gasteiger partial charge in [-0.2, -0.15) is 0 Å². The molecule has 3 rings (SSSR count). The quantitative estimate of drug-likeness (QED) is 0.545. The van der Waals surface area contributed by atoms with Crippen molar-refractivity contribution in [3.05, 3.63) is 59.4 Å². The van der Waals surface area contributed by atoms with Crippen LogP contribution in [0.15, 0.2) is 47.4 Å². The van der Waals surface area contributed by atoms with Gasteiger partial charge in [-0.3, -0.25) is 4.79 Å². The largest absolute Gasteiger partial charge is 0.494 e. The molecule has 1 aliphatic rings. The zero-order chi connectivity index (χ0) is 22.9. The number of nitrogens with two attached hydrogens (primary N) is 1. The predicted octanol–water partition coefficient (Wildman–Crippen LogP) is 2.83. The number of primary sulfonamides is 1. The van der Waals surface area contributed by atoms with Gasteiger partial charge in [0.1, 0.15) is 0 Å². The Hall–Kier alpha value is -2.63. The second-order valence-corrected chi connectivity index (χ2v) is 9.18. The first-order valence-electron chi connectivity index (χ1n) is 9.10. The van der Waals surface area contributed by atoms with Crippen molar-refractivity contribution < 1.29 is 32.2 Å². The van der Waals surface area contributed by atoms with Crippen LogP contribution in [0, 0.1) is 5.82 Å². The zero-order valence-electron chi connectivity index (χ0n) is 16.6. The maximum absolute atomic E-state index is 14.4. The highest BCUT2D eigenvalue weighted by Gasteiger charge is 2.41. The number of rotatable bonds is 7. The molecule has 0 saturated carbocycles. The second-order valence-electron chi connectivity index (χ2n) is 6.63. The van der Waals surface area contributed by atoms with Gasteiger partial charge in [0.2, 0.25) is 10.0 Å². The second kappa shape index (κ2) is 8.85. The monoisotopic (exact) mass is 514 g/mol. The molecule has 0 saturated heterocycles. The van der Waals surface area contributed by atoms with E-state index in [9.17, 15) is 22.7 Å². The van der Waals surface area contributed by atoms with Crippen LogP contribution >= 0.6 is 15.9 Å². The van der Waals surface area contributed by atoms with Gasteiger partial charge in [0, 0.05) is 17.7 Å². The van der Waals surface area contributed by atoms with Gasteiger partial charge >= 0.3 is 5.97 Å². The van der Waals surface area contributed by atoms with Crippen LogP contribution in [-0.2, 0) is 19.6 Å². The topological polar surface area (TPSA) is 119 Å². The molecule has 31 heavy (non-hydrogen) atoms. The molecule has 11 heteroatoms. The van der Waals surface area contributed by atoms with Crippen molar-refractivity contribution in [2.24, 2.45) is 5.14 Å². The van der Waals surface area contributed by atoms with E-state index in [2.05, 4.69) is 15.9 Å². The third-order valence-electron chi connectivity index (χ3n) is 4.75. The molecular weight excluding hydrogens is 495 g/mol. The summed E-state index contributed by atoms with van der Waals surface area (Å²) in [6.45, 7) is 2.18. The van der Waals surface area contributed by atoms with Gasteiger partial charge in [0.25, 0.3) is 0 Å². The van der Waals surface area contributed by atoms with E-state index in [1.54, 1.807) is 11.0 Å². The van der Waals surface area contributed by atoms with E-state index in [1.165, 1.54) is 43.5 Å². The van der Waals surface area contributed by atoms with E-state index in [-0.39, 0.29) is 16.4 Å². The van der Waals surface area contributed by atoms with Gasteiger partial charge in [0.05, 0.1) is 17.7 Å². The van der Waals surface area contributed by atoms with E-state index in [1.807, 2.05) is 6.92 Å². The number of carboxylic acid groups (broad SMARTS) is 1. The highest BCUT2D eigenvalue weighted by Crippen LogP contribution is 2.42. The fraction of sp³-hybridized carbons (Fsp3) is 0.250. The number of halogens is 2. The number of carbonyl (C=O) groups is 1. The Balaban J connectivity index is 2.18. The van der Waals surface area contributed by atoms with Crippen LogP contribution in [0.2, 0.25) is 0 Å². The fourth-order valence-corrected chi connectivity index (χ4v) is 4.20. The smallest absolute Gasteiger partial charge is 0.323 e. The Morgan fingerprint density at radius 1 is 1.29 bits per heavy atom. The van der Waals surface area contributed by atoms with Crippen LogP contribution in [0.25, 0.3) is 11.5 Å². The summed E-state index contributed by atoms with van der Waals surface area (Å²) in [6, 6.07) is 10.0. The summed E-state index contributed by atoms with van der Waals surface area (Å²) >= 11 is 3.14. The summed E-state index contributed by atoms with van der Waals surface area (Å²) in [5.74, 6) is -1.44.